The van der Waals surface area contributed by atoms with E-state index in [-0.39, 0.29) is 11.6 Å². The highest BCUT2D eigenvalue weighted by atomic mass is 79.9. The number of non-ortho nitro benzene ring substituents is 1. The van der Waals surface area contributed by atoms with Crippen LogP contribution < -0.4 is 0 Å². The second kappa shape index (κ2) is 6.53. The van der Waals surface area contributed by atoms with Gasteiger partial charge in [0.05, 0.1) is 10.5 Å². The van der Waals surface area contributed by atoms with Crippen molar-refractivity contribution in [2.75, 3.05) is 26.2 Å². The third-order valence-electron chi connectivity index (χ3n) is 3.85. The Labute approximate surface area is 132 Å². The van der Waals surface area contributed by atoms with E-state index in [2.05, 4.69) is 34.7 Å². The average Bonchev–Trinajstić information content (AvgIpc) is 2.46. The Morgan fingerprint density at radius 3 is 2.76 bits per heavy atom. The first kappa shape index (κ1) is 15.9. The third-order valence-corrected chi connectivity index (χ3v) is 4.54. The van der Waals surface area contributed by atoms with Crippen LogP contribution in [0.25, 0.3) is 0 Å². The largest absolute Gasteiger partial charge is 0.336 e. The summed E-state index contributed by atoms with van der Waals surface area (Å²) in [7, 11) is 0. The van der Waals surface area contributed by atoms with Gasteiger partial charge >= 0.3 is 0 Å². The Morgan fingerprint density at radius 1 is 1.48 bits per heavy atom. The molecule has 1 saturated heterocycles. The molecule has 1 atom stereocenters. The molecule has 0 bridgehead atoms. The summed E-state index contributed by atoms with van der Waals surface area (Å²) in [4.78, 5) is 27.0. The standard InChI is InChI=1S/C14H18BrN3O3/c1-3-16-6-7-17(9-10(16)2)14(19)12-8-11(18(20)21)4-5-13(12)15/h4-5,8,10H,3,6-7,9H2,1-2H3. The molecule has 0 aromatic heterocycles. The SMILES string of the molecule is CCN1CCN(C(=O)c2cc([N+](=O)[O-])ccc2Br)CC1C. The summed E-state index contributed by atoms with van der Waals surface area (Å²) in [6, 6.07) is 4.57. The number of hydrogen-bond acceptors (Lipinski definition) is 4. The van der Waals surface area contributed by atoms with E-state index in [9.17, 15) is 14.9 Å². The molecule has 1 aliphatic heterocycles. The van der Waals surface area contributed by atoms with Gasteiger partial charge in [-0.15, -0.1) is 0 Å². The smallest absolute Gasteiger partial charge is 0.270 e. The van der Waals surface area contributed by atoms with Crippen molar-refractivity contribution in [3.8, 4) is 0 Å². The van der Waals surface area contributed by atoms with Crippen LogP contribution in [0.3, 0.4) is 0 Å². The van der Waals surface area contributed by atoms with Crippen LogP contribution in [0.2, 0.25) is 0 Å². The lowest BCUT2D eigenvalue weighted by Crippen LogP contribution is -2.53. The van der Waals surface area contributed by atoms with Crippen LogP contribution in [-0.2, 0) is 0 Å². The van der Waals surface area contributed by atoms with Crippen molar-refractivity contribution < 1.29 is 9.72 Å². The normalized spacial score (nSPS) is 19.6. The lowest BCUT2D eigenvalue weighted by Gasteiger charge is -2.39. The number of halogens is 1. The zero-order valence-electron chi connectivity index (χ0n) is 12.1. The highest BCUT2D eigenvalue weighted by Gasteiger charge is 2.28. The molecule has 1 amide bonds. The molecule has 114 valence electrons. The highest BCUT2D eigenvalue weighted by molar-refractivity contribution is 9.10. The van der Waals surface area contributed by atoms with Gasteiger partial charge in [0, 0.05) is 42.3 Å². The van der Waals surface area contributed by atoms with Crippen molar-refractivity contribution in [1.29, 1.82) is 0 Å². The second-order valence-electron chi connectivity index (χ2n) is 5.15. The molecule has 7 heteroatoms. The zero-order chi connectivity index (χ0) is 15.6. The molecule has 21 heavy (non-hydrogen) atoms. The van der Waals surface area contributed by atoms with Crippen molar-refractivity contribution in [3.05, 3.63) is 38.3 Å². The van der Waals surface area contributed by atoms with Crippen LogP contribution in [0, 0.1) is 10.1 Å². The molecule has 1 heterocycles. The predicted molar refractivity (Wildman–Crippen MR) is 83.4 cm³/mol. The zero-order valence-corrected chi connectivity index (χ0v) is 13.7. The van der Waals surface area contributed by atoms with Crippen molar-refractivity contribution in [1.82, 2.24) is 9.80 Å². The first-order valence-corrected chi connectivity index (χ1v) is 7.70. The number of benzene rings is 1. The number of likely N-dealkylation sites (N-methyl/N-ethyl adjacent to an activating group) is 1. The predicted octanol–water partition coefficient (Wildman–Crippen LogP) is 2.52. The topological polar surface area (TPSA) is 66.7 Å². The minimum absolute atomic E-state index is 0.0678. The lowest BCUT2D eigenvalue weighted by molar-refractivity contribution is -0.384. The fraction of sp³-hybridized carbons (Fsp3) is 0.500. The first-order chi connectivity index (χ1) is 9.93. The monoisotopic (exact) mass is 355 g/mol. The van der Waals surface area contributed by atoms with E-state index in [1.54, 1.807) is 11.0 Å². The van der Waals surface area contributed by atoms with Gasteiger partial charge in [0.15, 0.2) is 0 Å². The maximum Gasteiger partial charge on any atom is 0.270 e. The summed E-state index contributed by atoms with van der Waals surface area (Å²) in [6.45, 7) is 7.27. The molecule has 0 spiro atoms. The maximum atomic E-state index is 12.6. The summed E-state index contributed by atoms with van der Waals surface area (Å²) in [6.07, 6.45) is 0. The van der Waals surface area contributed by atoms with Crippen molar-refractivity contribution in [3.63, 3.8) is 0 Å². The number of nitro groups is 1. The molecule has 0 radical (unpaired) electrons. The lowest BCUT2D eigenvalue weighted by atomic mass is 10.1. The molecular formula is C14H18BrN3O3. The number of carbonyl (C=O) groups is 1. The Hall–Kier alpha value is -1.47. The van der Waals surface area contributed by atoms with E-state index in [1.165, 1.54) is 12.1 Å². The molecule has 6 nitrogen and oxygen atoms in total. The van der Waals surface area contributed by atoms with E-state index < -0.39 is 4.92 Å². The highest BCUT2D eigenvalue weighted by Crippen LogP contribution is 2.24. The van der Waals surface area contributed by atoms with E-state index in [1.807, 2.05) is 0 Å². The molecule has 1 fully saturated rings. The number of rotatable bonds is 3. The van der Waals surface area contributed by atoms with E-state index >= 15 is 0 Å². The minimum atomic E-state index is -0.485. The molecule has 1 aromatic carbocycles. The number of nitro benzene ring substituents is 1. The molecule has 0 saturated carbocycles. The Bertz CT molecular complexity index is 564. The van der Waals surface area contributed by atoms with E-state index in [0.717, 1.165) is 13.1 Å². The maximum absolute atomic E-state index is 12.6. The van der Waals surface area contributed by atoms with Crippen molar-refractivity contribution in [2.24, 2.45) is 0 Å². The van der Waals surface area contributed by atoms with Crippen LogP contribution in [0.1, 0.15) is 24.2 Å². The van der Waals surface area contributed by atoms with Gasteiger partial charge in [0.2, 0.25) is 0 Å². The fourth-order valence-corrected chi connectivity index (χ4v) is 3.03. The average molecular weight is 356 g/mol. The van der Waals surface area contributed by atoms with Crippen LogP contribution in [0.4, 0.5) is 5.69 Å². The van der Waals surface area contributed by atoms with Gasteiger partial charge in [0.25, 0.3) is 11.6 Å². The van der Waals surface area contributed by atoms with E-state index in [4.69, 9.17) is 0 Å². The summed E-state index contributed by atoms with van der Waals surface area (Å²) in [5.41, 5.74) is 0.281. The molecule has 0 N–H and O–H groups in total. The van der Waals surface area contributed by atoms with Gasteiger partial charge in [-0.25, -0.2) is 0 Å². The number of hydrogen-bond donors (Lipinski definition) is 0. The summed E-state index contributed by atoms with van der Waals surface area (Å²) >= 11 is 3.31. The Kier molecular flexibility index (Phi) is 4.95. The molecule has 1 aromatic rings. The van der Waals surface area contributed by atoms with E-state index in [0.29, 0.717) is 29.2 Å². The Balaban J connectivity index is 2.21. The van der Waals surface area contributed by atoms with Gasteiger partial charge < -0.3 is 4.90 Å². The summed E-state index contributed by atoms with van der Waals surface area (Å²) in [5, 5.41) is 10.9. The third kappa shape index (κ3) is 3.41. The quantitative estimate of drug-likeness (QED) is 0.617. The van der Waals surface area contributed by atoms with Gasteiger partial charge in [-0.1, -0.05) is 6.92 Å². The Morgan fingerprint density at radius 2 is 2.19 bits per heavy atom. The van der Waals surface area contributed by atoms with Crippen LogP contribution in [-0.4, -0.2) is 52.9 Å². The number of amides is 1. The summed E-state index contributed by atoms with van der Waals surface area (Å²) in [5.74, 6) is -0.159. The second-order valence-corrected chi connectivity index (χ2v) is 6.00. The van der Waals surface area contributed by atoms with Crippen LogP contribution >= 0.6 is 15.9 Å². The van der Waals surface area contributed by atoms with Crippen LogP contribution in [0.15, 0.2) is 22.7 Å². The fourth-order valence-electron chi connectivity index (χ4n) is 2.61. The van der Waals surface area contributed by atoms with Crippen molar-refractivity contribution >= 4 is 27.5 Å². The first-order valence-electron chi connectivity index (χ1n) is 6.91. The number of carbonyl (C=O) groups excluding carboxylic acids is 1. The number of piperazine rings is 1. The van der Waals surface area contributed by atoms with Crippen LogP contribution in [0.5, 0.6) is 0 Å². The van der Waals surface area contributed by atoms with Crippen molar-refractivity contribution in [2.45, 2.75) is 19.9 Å². The van der Waals surface area contributed by atoms with Gasteiger partial charge in [0.1, 0.15) is 0 Å². The molecule has 2 rings (SSSR count). The summed E-state index contributed by atoms with van der Waals surface area (Å²) < 4.78 is 0.587. The number of nitrogens with zero attached hydrogens (tertiary/aromatic N) is 3. The molecular weight excluding hydrogens is 338 g/mol. The molecule has 0 aliphatic carbocycles. The minimum Gasteiger partial charge on any atom is -0.336 e. The molecule has 1 unspecified atom stereocenters. The molecule has 1 aliphatic rings. The van der Waals surface area contributed by atoms with Gasteiger partial charge in [-0.3, -0.25) is 19.8 Å². The van der Waals surface area contributed by atoms with Gasteiger partial charge in [-0.2, -0.15) is 0 Å². The van der Waals surface area contributed by atoms with Gasteiger partial charge in [-0.05, 0) is 35.5 Å².